The van der Waals surface area contributed by atoms with E-state index in [1.54, 1.807) is 16.7 Å². The van der Waals surface area contributed by atoms with Gasteiger partial charge in [0.05, 0.1) is 17.1 Å². The number of para-hydroxylation sites is 2. The standard InChI is InChI=1S/C27H25N5O2/c1-30(2)20-15-13-19(14-16-20)29-23-17-18-28-25-24(23)26(33)32(22-11-7-4-8-12-22)27(34)31(25)21-9-5-3-6-10-21/h3-17,28-29H,18H2,1-2H3. The van der Waals surface area contributed by atoms with Crippen LogP contribution in [0.4, 0.5) is 17.2 Å². The van der Waals surface area contributed by atoms with Crippen LogP contribution in [0.15, 0.2) is 101 Å². The lowest BCUT2D eigenvalue weighted by Crippen LogP contribution is -2.42. The highest BCUT2D eigenvalue weighted by atomic mass is 16.2. The van der Waals surface area contributed by atoms with Gasteiger partial charge in [0, 0.05) is 32.0 Å². The van der Waals surface area contributed by atoms with Crippen LogP contribution in [0.2, 0.25) is 0 Å². The summed E-state index contributed by atoms with van der Waals surface area (Å²) in [7, 11) is 3.98. The second kappa shape index (κ2) is 8.78. The first-order valence-corrected chi connectivity index (χ1v) is 11.1. The lowest BCUT2D eigenvalue weighted by molar-refractivity contribution is 0.797. The highest BCUT2D eigenvalue weighted by Gasteiger charge is 2.25. The molecule has 0 saturated heterocycles. The van der Waals surface area contributed by atoms with Gasteiger partial charge in [-0.3, -0.25) is 4.79 Å². The molecule has 0 saturated carbocycles. The van der Waals surface area contributed by atoms with Gasteiger partial charge in [0.25, 0.3) is 5.56 Å². The number of hydrogen-bond donors (Lipinski definition) is 2. The molecule has 0 spiro atoms. The van der Waals surface area contributed by atoms with Crippen LogP contribution >= 0.6 is 0 Å². The summed E-state index contributed by atoms with van der Waals surface area (Å²) in [4.78, 5) is 29.5. The van der Waals surface area contributed by atoms with Crippen molar-refractivity contribution in [1.29, 1.82) is 0 Å². The number of nitrogens with zero attached hydrogens (tertiary/aromatic N) is 3. The largest absolute Gasteiger partial charge is 0.378 e. The first-order valence-electron chi connectivity index (χ1n) is 11.1. The fraction of sp³-hybridized carbons (Fsp3) is 0.111. The molecule has 0 unspecified atom stereocenters. The lowest BCUT2D eigenvalue weighted by atomic mass is 10.1. The van der Waals surface area contributed by atoms with Crippen molar-refractivity contribution >= 4 is 22.9 Å². The van der Waals surface area contributed by atoms with Gasteiger partial charge in [-0.25, -0.2) is 13.9 Å². The molecule has 2 heterocycles. The van der Waals surface area contributed by atoms with Crippen molar-refractivity contribution in [3.8, 4) is 11.4 Å². The Morgan fingerprint density at radius 3 is 1.97 bits per heavy atom. The molecule has 0 bridgehead atoms. The molecule has 5 rings (SSSR count). The zero-order valence-electron chi connectivity index (χ0n) is 19.0. The van der Waals surface area contributed by atoms with Crippen molar-refractivity contribution in [2.75, 3.05) is 36.2 Å². The van der Waals surface area contributed by atoms with Crippen molar-refractivity contribution in [2.24, 2.45) is 0 Å². The molecular weight excluding hydrogens is 426 g/mol. The summed E-state index contributed by atoms with van der Waals surface area (Å²) in [6.45, 7) is 0.478. The molecule has 7 heteroatoms. The molecule has 3 aromatic carbocycles. The first kappa shape index (κ1) is 21.3. The van der Waals surface area contributed by atoms with Gasteiger partial charge in [-0.1, -0.05) is 36.4 Å². The van der Waals surface area contributed by atoms with Crippen LogP contribution in [0, 0.1) is 0 Å². The molecule has 0 radical (unpaired) electrons. The molecule has 170 valence electrons. The monoisotopic (exact) mass is 451 g/mol. The Bertz CT molecular complexity index is 1470. The lowest BCUT2D eigenvalue weighted by Gasteiger charge is -2.25. The van der Waals surface area contributed by atoms with Crippen molar-refractivity contribution in [1.82, 2.24) is 9.13 Å². The predicted octanol–water partition coefficient (Wildman–Crippen LogP) is 3.93. The van der Waals surface area contributed by atoms with E-state index in [0.29, 0.717) is 35.0 Å². The van der Waals surface area contributed by atoms with Crippen LogP contribution in [0.1, 0.15) is 5.56 Å². The summed E-state index contributed by atoms with van der Waals surface area (Å²) < 4.78 is 2.79. The van der Waals surface area contributed by atoms with E-state index in [-0.39, 0.29) is 5.56 Å². The number of rotatable bonds is 5. The third kappa shape index (κ3) is 3.77. The fourth-order valence-corrected chi connectivity index (χ4v) is 4.10. The normalized spacial score (nSPS) is 12.4. The Balaban J connectivity index is 1.71. The minimum atomic E-state index is -0.426. The van der Waals surface area contributed by atoms with Gasteiger partial charge in [0.15, 0.2) is 0 Å². The Kier molecular flexibility index (Phi) is 5.51. The van der Waals surface area contributed by atoms with Crippen LogP contribution < -0.4 is 26.8 Å². The quantitative estimate of drug-likeness (QED) is 0.481. The smallest absolute Gasteiger partial charge is 0.341 e. The molecular formula is C27H25N5O2. The highest BCUT2D eigenvalue weighted by Crippen LogP contribution is 2.28. The molecule has 34 heavy (non-hydrogen) atoms. The topological polar surface area (TPSA) is 71.3 Å². The summed E-state index contributed by atoms with van der Waals surface area (Å²) in [6.07, 6.45) is 1.93. The van der Waals surface area contributed by atoms with Crippen LogP contribution in [-0.2, 0) is 0 Å². The van der Waals surface area contributed by atoms with Crippen molar-refractivity contribution in [2.45, 2.75) is 0 Å². The number of benzene rings is 3. The molecule has 7 nitrogen and oxygen atoms in total. The second-order valence-electron chi connectivity index (χ2n) is 8.22. The average Bonchev–Trinajstić information content (AvgIpc) is 2.86. The summed E-state index contributed by atoms with van der Waals surface area (Å²) in [6, 6.07) is 26.3. The Labute approximate surface area is 197 Å². The maximum absolute atomic E-state index is 13.8. The summed E-state index contributed by atoms with van der Waals surface area (Å²) in [5, 5.41) is 6.65. The van der Waals surface area contributed by atoms with Crippen molar-refractivity contribution in [3.05, 3.63) is 117 Å². The second-order valence-corrected chi connectivity index (χ2v) is 8.22. The van der Waals surface area contributed by atoms with Crippen LogP contribution in [0.25, 0.3) is 17.1 Å². The van der Waals surface area contributed by atoms with E-state index in [9.17, 15) is 9.59 Å². The summed E-state index contributed by atoms with van der Waals surface area (Å²) >= 11 is 0. The van der Waals surface area contributed by atoms with E-state index >= 15 is 0 Å². The molecule has 1 aromatic heterocycles. The summed E-state index contributed by atoms with van der Waals surface area (Å²) in [5.74, 6) is 0.475. The molecule has 0 amide bonds. The molecule has 1 aliphatic heterocycles. The third-order valence-electron chi connectivity index (χ3n) is 5.80. The van der Waals surface area contributed by atoms with Crippen molar-refractivity contribution in [3.63, 3.8) is 0 Å². The van der Waals surface area contributed by atoms with E-state index in [2.05, 4.69) is 10.6 Å². The van der Waals surface area contributed by atoms with E-state index in [1.807, 2.05) is 97.9 Å². The molecule has 2 N–H and O–H groups in total. The molecule has 0 aliphatic carbocycles. The third-order valence-corrected chi connectivity index (χ3v) is 5.80. The van der Waals surface area contributed by atoms with Gasteiger partial charge < -0.3 is 15.5 Å². The minimum Gasteiger partial charge on any atom is -0.378 e. The zero-order valence-corrected chi connectivity index (χ0v) is 19.0. The molecule has 0 atom stereocenters. The van der Waals surface area contributed by atoms with Gasteiger partial charge in [0.2, 0.25) is 0 Å². The highest BCUT2D eigenvalue weighted by molar-refractivity contribution is 5.85. The predicted molar refractivity (Wildman–Crippen MR) is 138 cm³/mol. The molecule has 4 aromatic rings. The number of aromatic nitrogens is 2. The average molecular weight is 452 g/mol. The number of anilines is 3. The SMILES string of the molecule is CN(C)c1ccc(NC2=CCNc3c2c(=O)n(-c2ccccc2)c(=O)n3-c2ccccc2)cc1. The van der Waals surface area contributed by atoms with Gasteiger partial charge in [-0.15, -0.1) is 0 Å². The maximum atomic E-state index is 13.8. The van der Waals surface area contributed by atoms with Crippen molar-refractivity contribution < 1.29 is 0 Å². The number of hydrogen-bond acceptors (Lipinski definition) is 5. The zero-order chi connectivity index (χ0) is 23.7. The maximum Gasteiger partial charge on any atom is 0.341 e. The van der Waals surface area contributed by atoms with Crippen LogP contribution in [-0.4, -0.2) is 29.8 Å². The van der Waals surface area contributed by atoms with Gasteiger partial charge in [-0.05, 0) is 54.6 Å². The number of fused-ring (bicyclic) bond motifs is 1. The Morgan fingerprint density at radius 2 is 1.38 bits per heavy atom. The van der Waals surface area contributed by atoms with Gasteiger partial charge >= 0.3 is 5.69 Å². The van der Waals surface area contributed by atoms with Crippen LogP contribution in [0.3, 0.4) is 0 Å². The Morgan fingerprint density at radius 1 is 0.794 bits per heavy atom. The van der Waals surface area contributed by atoms with Gasteiger partial charge in [0.1, 0.15) is 11.4 Å². The number of nitrogens with one attached hydrogen (secondary N) is 2. The van der Waals surface area contributed by atoms with E-state index in [0.717, 1.165) is 11.4 Å². The van der Waals surface area contributed by atoms with E-state index in [1.165, 1.54) is 4.57 Å². The van der Waals surface area contributed by atoms with E-state index in [4.69, 9.17) is 0 Å². The molecule has 0 fully saturated rings. The summed E-state index contributed by atoms with van der Waals surface area (Å²) in [5.41, 5.74) is 3.39. The van der Waals surface area contributed by atoms with Crippen LogP contribution in [0.5, 0.6) is 0 Å². The van der Waals surface area contributed by atoms with E-state index < -0.39 is 5.69 Å². The fourth-order valence-electron chi connectivity index (χ4n) is 4.10. The first-order chi connectivity index (χ1) is 16.5. The Hall–Kier alpha value is -4.52. The minimum absolute atomic E-state index is 0.380. The molecule has 1 aliphatic rings. The van der Waals surface area contributed by atoms with Gasteiger partial charge in [-0.2, -0.15) is 0 Å².